The van der Waals surface area contributed by atoms with Crippen molar-refractivity contribution in [2.45, 2.75) is 32.6 Å². The van der Waals surface area contributed by atoms with E-state index in [-0.39, 0.29) is 0 Å². The molecule has 2 rings (SSSR count). The van der Waals surface area contributed by atoms with Gasteiger partial charge in [0.15, 0.2) is 0 Å². The van der Waals surface area contributed by atoms with Crippen molar-refractivity contribution in [2.75, 3.05) is 5.73 Å². The number of rotatable bonds is 1. The van der Waals surface area contributed by atoms with Crippen LogP contribution in [0.15, 0.2) is 12.6 Å². The summed E-state index contributed by atoms with van der Waals surface area (Å²) in [5.74, 6) is 0. The molecular weight excluding hydrogens is 196 g/mol. The predicted octanol–water partition coefficient (Wildman–Crippen LogP) is 3.05. The van der Waals surface area contributed by atoms with Gasteiger partial charge in [-0.3, -0.25) is 0 Å². The first-order chi connectivity index (χ1) is 7.65. The first-order valence-electron chi connectivity index (χ1n) is 5.65. The normalized spacial score (nSPS) is 14.0. The lowest BCUT2D eigenvalue weighted by Gasteiger charge is -2.21. The summed E-state index contributed by atoms with van der Waals surface area (Å²) in [6.45, 7) is 5.93. The van der Waals surface area contributed by atoms with Crippen LogP contribution in [0.25, 0.3) is 5.57 Å². The molecule has 1 aliphatic carbocycles. The molecule has 0 saturated carbocycles. The maximum Gasteiger partial charge on any atom is 0.102 e. The van der Waals surface area contributed by atoms with Crippen LogP contribution in [-0.4, -0.2) is 0 Å². The van der Waals surface area contributed by atoms with E-state index < -0.39 is 0 Å². The van der Waals surface area contributed by atoms with Crippen molar-refractivity contribution >= 4 is 11.3 Å². The highest BCUT2D eigenvalue weighted by Gasteiger charge is 2.19. The fourth-order valence-corrected chi connectivity index (χ4v) is 2.52. The maximum atomic E-state index is 9.18. The molecule has 0 bridgehead atoms. The Hall–Kier alpha value is -1.75. The molecule has 1 aromatic carbocycles. The van der Waals surface area contributed by atoms with Crippen LogP contribution >= 0.6 is 0 Å². The lowest BCUT2D eigenvalue weighted by molar-refractivity contribution is 0.684. The second-order valence-electron chi connectivity index (χ2n) is 4.45. The predicted molar refractivity (Wildman–Crippen MR) is 66.9 cm³/mol. The van der Waals surface area contributed by atoms with Crippen LogP contribution in [0.1, 0.15) is 42.0 Å². The zero-order valence-corrected chi connectivity index (χ0v) is 9.64. The number of fused-ring (bicyclic) bond motifs is 1. The molecular formula is C14H16N2. The van der Waals surface area contributed by atoms with Crippen LogP contribution in [0.2, 0.25) is 0 Å². The quantitative estimate of drug-likeness (QED) is 0.727. The summed E-state index contributed by atoms with van der Waals surface area (Å²) in [5, 5.41) is 9.18. The van der Waals surface area contributed by atoms with E-state index in [2.05, 4.69) is 12.6 Å². The Kier molecular flexibility index (Phi) is 2.70. The fourth-order valence-electron chi connectivity index (χ4n) is 2.52. The number of hydrogen-bond acceptors (Lipinski definition) is 2. The summed E-state index contributed by atoms with van der Waals surface area (Å²) in [7, 11) is 0. The van der Waals surface area contributed by atoms with E-state index in [0.29, 0.717) is 11.3 Å². The highest BCUT2D eigenvalue weighted by atomic mass is 14.6. The zero-order valence-electron chi connectivity index (χ0n) is 9.64. The molecule has 0 aliphatic heterocycles. The van der Waals surface area contributed by atoms with Gasteiger partial charge in [-0.25, -0.2) is 0 Å². The molecule has 1 aromatic rings. The first-order valence-corrected chi connectivity index (χ1v) is 5.65. The molecule has 0 radical (unpaired) electrons. The van der Waals surface area contributed by atoms with Gasteiger partial charge in [0, 0.05) is 5.56 Å². The third-order valence-electron chi connectivity index (χ3n) is 3.22. The molecule has 0 saturated heterocycles. The van der Waals surface area contributed by atoms with E-state index in [1.165, 1.54) is 24.0 Å². The molecule has 0 spiro atoms. The molecule has 0 heterocycles. The molecule has 2 nitrogen and oxygen atoms in total. The summed E-state index contributed by atoms with van der Waals surface area (Å²) in [6, 6.07) is 4.18. The van der Waals surface area contributed by atoms with E-state index in [9.17, 15) is 5.26 Å². The maximum absolute atomic E-state index is 9.18. The van der Waals surface area contributed by atoms with Gasteiger partial charge in [0.25, 0.3) is 0 Å². The lowest BCUT2D eigenvalue weighted by Crippen LogP contribution is -2.09. The molecule has 0 unspecified atom stereocenters. The van der Waals surface area contributed by atoms with Gasteiger partial charge in [-0.2, -0.15) is 5.26 Å². The number of anilines is 1. The van der Waals surface area contributed by atoms with Crippen molar-refractivity contribution < 1.29 is 0 Å². The minimum absolute atomic E-state index is 0.598. The Balaban J connectivity index is 2.75. The van der Waals surface area contributed by atoms with Crippen molar-refractivity contribution in [3.05, 3.63) is 34.9 Å². The summed E-state index contributed by atoms with van der Waals surface area (Å²) in [6.07, 6.45) is 4.54. The molecule has 0 fully saturated rings. The van der Waals surface area contributed by atoms with Gasteiger partial charge in [0.1, 0.15) is 6.07 Å². The molecule has 2 heteroatoms. The van der Waals surface area contributed by atoms with Gasteiger partial charge in [-0.1, -0.05) is 6.58 Å². The third kappa shape index (κ3) is 1.59. The van der Waals surface area contributed by atoms with Crippen LogP contribution in [0, 0.1) is 11.3 Å². The number of nitrogens with zero attached hydrogens (tertiary/aromatic N) is 1. The summed E-state index contributed by atoms with van der Waals surface area (Å²) < 4.78 is 0. The Morgan fingerprint density at radius 3 is 2.75 bits per heavy atom. The molecule has 0 amide bonds. The monoisotopic (exact) mass is 212 g/mol. The Bertz CT molecular complexity index is 492. The molecule has 16 heavy (non-hydrogen) atoms. The highest BCUT2D eigenvalue weighted by Crippen LogP contribution is 2.34. The SMILES string of the molecule is C=C(C)c1c(C#N)c(N)cc2c1CCCC2. The van der Waals surface area contributed by atoms with Gasteiger partial charge in [-0.15, -0.1) is 0 Å². The summed E-state index contributed by atoms with van der Waals surface area (Å²) in [5.41, 5.74) is 11.7. The van der Waals surface area contributed by atoms with Crippen LogP contribution in [0.4, 0.5) is 5.69 Å². The van der Waals surface area contributed by atoms with Crippen molar-refractivity contribution in [3.63, 3.8) is 0 Å². The van der Waals surface area contributed by atoms with E-state index >= 15 is 0 Å². The second kappa shape index (κ2) is 4.02. The number of nitrogens with two attached hydrogens (primary N) is 1. The highest BCUT2D eigenvalue weighted by molar-refractivity contribution is 5.77. The van der Waals surface area contributed by atoms with Gasteiger partial charge in [-0.05, 0) is 55.4 Å². The van der Waals surface area contributed by atoms with Crippen molar-refractivity contribution in [1.29, 1.82) is 5.26 Å². The standard InChI is InChI=1S/C14H16N2/c1-9(2)14-11-6-4-3-5-10(11)7-13(16)12(14)8-15/h7H,1,3-6,16H2,2H3. The minimum atomic E-state index is 0.598. The van der Waals surface area contributed by atoms with E-state index in [4.69, 9.17) is 5.73 Å². The fraction of sp³-hybridized carbons (Fsp3) is 0.357. The number of nitrogen functional groups attached to an aromatic ring is 1. The smallest absolute Gasteiger partial charge is 0.102 e. The van der Waals surface area contributed by atoms with Gasteiger partial charge >= 0.3 is 0 Å². The topological polar surface area (TPSA) is 49.8 Å². The minimum Gasteiger partial charge on any atom is -0.398 e. The largest absolute Gasteiger partial charge is 0.398 e. The van der Waals surface area contributed by atoms with Crippen LogP contribution < -0.4 is 5.73 Å². The van der Waals surface area contributed by atoms with Crippen molar-refractivity contribution in [1.82, 2.24) is 0 Å². The first kappa shape index (κ1) is 10.8. The molecule has 1 aliphatic rings. The number of allylic oxidation sites excluding steroid dienone is 1. The summed E-state index contributed by atoms with van der Waals surface area (Å²) in [4.78, 5) is 0. The number of nitriles is 1. The molecule has 0 atom stereocenters. The van der Waals surface area contributed by atoms with E-state index in [1.807, 2.05) is 13.0 Å². The van der Waals surface area contributed by atoms with Crippen LogP contribution in [0.3, 0.4) is 0 Å². The number of aryl methyl sites for hydroxylation is 1. The Morgan fingerprint density at radius 1 is 1.44 bits per heavy atom. The average molecular weight is 212 g/mol. The van der Waals surface area contributed by atoms with Crippen LogP contribution in [0.5, 0.6) is 0 Å². The molecule has 82 valence electrons. The molecule has 2 N–H and O–H groups in total. The lowest BCUT2D eigenvalue weighted by atomic mass is 9.83. The zero-order chi connectivity index (χ0) is 11.7. The van der Waals surface area contributed by atoms with Gasteiger partial charge in [0.05, 0.1) is 11.3 Å². The van der Waals surface area contributed by atoms with E-state index in [0.717, 1.165) is 24.0 Å². The average Bonchev–Trinajstić information content (AvgIpc) is 2.26. The molecule has 0 aromatic heterocycles. The summed E-state index contributed by atoms with van der Waals surface area (Å²) >= 11 is 0. The number of hydrogen-bond donors (Lipinski definition) is 1. The number of benzene rings is 1. The Labute approximate surface area is 96.4 Å². The van der Waals surface area contributed by atoms with Crippen molar-refractivity contribution in [3.8, 4) is 6.07 Å². The second-order valence-corrected chi connectivity index (χ2v) is 4.45. The van der Waals surface area contributed by atoms with E-state index in [1.54, 1.807) is 0 Å². The van der Waals surface area contributed by atoms with Gasteiger partial charge < -0.3 is 5.73 Å². The third-order valence-corrected chi connectivity index (χ3v) is 3.22. The van der Waals surface area contributed by atoms with Gasteiger partial charge in [0.2, 0.25) is 0 Å². The van der Waals surface area contributed by atoms with Crippen LogP contribution in [-0.2, 0) is 12.8 Å². The Morgan fingerprint density at radius 2 is 2.12 bits per heavy atom. The van der Waals surface area contributed by atoms with Crippen molar-refractivity contribution in [2.24, 2.45) is 0 Å².